The summed E-state index contributed by atoms with van der Waals surface area (Å²) in [5, 5.41) is 3.43. The first-order valence-corrected chi connectivity index (χ1v) is 11.9. The van der Waals surface area contributed by atoms with Crippen molar-refractivity contribution in [3.05, 3.63) is 51.2 Å². The summed E-state index contributed by atoms with van der Waals surface area (Å²) in [4.78, 5) is 17.6. The molecule has 0 unspecified atom stereocenters. The zero-order chi connectivity index (χ0) is 20.6. The number of para-hydroxylation sites is 1. The van der Waals surface area contributed by atoms with E-state index in [9.17, 15) is 4.79 Å². The first-order chi connectivity index (χ1) is 14.7. The van der Waals surface area contributed by atoms with Crippen molar-refractivity contribution < 1.29 is 14.3 Å². The van der Waals surface area contributed by atoms with Gasteiger partial charge >= 0.3 is 0 Å². The van der Waals surface area contributed by atoms with Gasteiger partial charge in [0, 0.05) is 18.0 Å². The first kappa shape index (κ1) is 20.0. The number of nitrogens with one attached hydrogen (secondary N) is 1. The summed E-state index contributed by atoms with van der Waals surface area (Å²) in [6.07, 6.45) is 4.88. The van der Waals surface area contributed by atoms with Crippen molar-refractivity contribution in [2.45, 2.75) is 43.6 Å². The van der Waals surface area contributed by atoms with Crippen LogP contribution in [0.1, 0.15) is 57.3 Å². The Hall–Kier alpha value is -1.89. The number of likely N-dealkylation sites (tertiary alicyclic amines) is 1. The number of fused-ring (bicyclic) bond motifs is 2. The normalized spacial score (nSPS) is 21.4. The number of piperidine rings is 2. The van der Waals surface area contributed by atoms with Crippen LogP contribution in [0, 0.1) is 0 Å². The number of hydrogen-bond acceptors (Lipinski definition) is 5. The summed E-state index contributed by atoms with van der Waals surface area (Å²) in [5.74, 6) is 1.60. The summed E-state index contributed by atoms with van der Waals surface area (Å²) in [6, 6.07) is 10.4. The van der Waals surface area contributed by atoms with Crippen LogP contribution in [0.5, 0.6) is 5.75 Å². The molecule has 3 aliphatic rings. The molecule has 0 radical (unpaired) electrons. The molecule has 5 rings (SSSR count). The Bertz CT molecular complexity index is 911. The molecule has 2 fully saturated rings. The lowest BCUT2D eigenvalue weighted by molar-refractivity contribution is -0.0771. The molecule has 0 bridgehead atoms. The maximum atomic E-state index is 13.3. The molecule has 5 nitrogen and oxygen atoms in total. The molecule has 1 aromatic carbocycles. The Morgan fingerprint density at radius 1 is 1.23 bits per heavy atom. The predicted molar refractivity (Wildman–Crippen MR) is 119 cm³/mol. The van der Waals surface area contributed by atoms with Crippen LogP contribution in [0.4, 0.5) is 0 Å². The minimum Gasteiger partial charge on any atom is -0.496 e. The minimum atomic E-state index is -0.168. The van der Waals surface area contributed by atoms with Gasteiger partial charge in [-0.05, 0) is 74.4 Å². The van der Waals surface area contributed by atoms with E-state index in [1.165, 1.54) is 16.0 Å². The van der Waals surface area contributed by atoms with Gasteiger partial charge in [-0.3, -0.25) is 4.79 Å². The van der Waals surface area contributed by atoms with E-state index < -0.39 is 0 Å². The summed E-state index contributed by atoms with van der Waals surface area (Å²) in [6.45, 7) is 4.33. The largest absolute Gasteiger partial charge is 0.496 e. The fourth-order valence-electron chi connectivity index (χ4n) is 5.28. The van der Waals surface area contributed by atoms with Crippen molar-refractivity contribution in [1.82, 2.24) is 10.2 Å². The molecule has 1 amide bonds. The highest BCUT2D eigenvalue weighted by Crippen LogP contribution is 2.45. The van der Waals surface area contributed by atoms with E-state index in [4.69, 9.17) is 9.47 Å². The molecule has 2 aromatic rings. The van der Waals surface area contributed by atoms with Crippen LogP contribution < -0.4 is 10.1 Å². The van der Waals surface area contributed by atoms with Crippen molar-refractivity contribution in [3.8, 4) is 5.75 Å². The van der Waals surface area contributed by atoms with Crippen molar-refractivity contribution in [3.63, 3.8) is 0 Å². The number of methoxy groups -OCH3 is 1. The van der Waals surface area contributed by atoms with Gasteiger partial charge in [0.25, 0.3) is 5.91 Å². The number of carbonyl (C=O) groups excluding carboxylic acids is 1. The Kier molecular flexibility index (Phi) is 5.56. The predicted octanol–water partition coefficient (Wildman–Crippen LogP) is 3.93. The molecule has 1 aromatic heterocycles. The summed E-state index contributed by atoms with van der Waals surface area (Å²) in [7, 11) is 1.73. The molecule has 0 aliphatic carbocycles. The third kappa shape index (κ3) is 3.55. The van der Waals surface area contributed by atoms with Crippen LogP contribution in [0.25, 0.3) is 0 Å². The highest BCUT2D eigenvalue weighted by molar-refractivity contribution is 7.14. The number of thiophene rings is 1. The van der Waals surface area contributed by atoms with Gasteiger partial charge in [0.1, 0.15) is 11.4 Å². The lowest BCUT2D eigenvalue weighted by Gasteiger charge is -2.40. The monoisotopic (exact) mass is 426 g/mol. The second-order valence-corrected chi connectivity index (χ2v) is 9.67. The Labute approximate surface area is 182 Å². The third-order valence-corrected chi connectivity index (χ3v) is 8.31. The average molecular weight is 427 g/mol. The maximum absolute atomic E-state index is 13.3. The van der Waals surface area contributed by atoms with E-state index in [2.05, 4.69) is 23.5 Å². The van der Waals surface area contributed by atoms with Crippen LogP contribution in [0.2, 0.25) is 0 Å². The van der Waals surface area contributed by atoms with Crippen molar-refractivity contribution in [2.75, 3.05) is 39.9 Å². The van der Waals surface area contributed by atoms with Gasteiger partial charge in [-0.15, -0.1) is 11.3 Å². The third-order valence-electron chi connectivity index (χ3n) is 6.96. The number of benzene rings is 1. The van der Waals surface area contributed by atoms with Crippen LogP contribution in [-0.4, -0.2) is 50.7 Å². The second-order valence-electron chi connectivity index (χ2n) is 8.62. The van der Waals surface area contributed by atoms with Gasteiger partial charge in [0.05, 0.1) is 18.6 Å². The number of amides is 1. The molecule has 3 aliphatic heterocycles. The lowest BCUT2D eigenvalue weighted by atomic mass is 9.86. The minimum absolute atomic E-state index is 0.168. The van der Waals surface area contributed by atoms with E-state index in [0.29, 0.717) is 5.92 Å². The van der Waals surface area contributed by atoms with Crippen molar-refractivity contribution in [2.24, 2.45) is 0 Å². The Morgan fingerprint density at radius 3 is 2.77 bits per heavy atom. The van der Waals surface area contributed by atoms with Crippen LogP contribution in [0.3, 0.4) is 0 Å². The van der Waals surface area contributed by atoms with E-state index in [-0.39, 0.29) is 11.5 Å². The fraction of sp³-hybridized carbons (Fsp3) is 0.542. The molecule has 1 N–H and O–H groups in total. The van der Waals surface area contributed by atoms with Gasteiger partial charge in [-0.2, -0.15) is 0 Å². The number of nitrogens with zero attached hydrogens (tertiary/aromatic N) is 1. The molecule has 160 valence electrons. The average Bonchev–Trinajstić information content (AvgIpc) is 3.25. The van der Waals surface area contributed by atoms with Crippen molar-refractivity contribution in [1.29, 1.82) is 0 Å². The highest BCUT2D eigenvalue weighted by atomic mass is 32.1. The van der Waals surface area contributed by atoms with Crippen molar-refractivity contribution >= 4 is 17.2 Å². The van der Waals surface area contributed by atoms with Gasteiger partial charge in [0.15, 0.2) is 0 Å². The molecular formula is C24H30N2O3S. The highest BCUT2D eigenvalue weighted by Gasteiger charge is 2.41. The van der Waals surface area contributed by atoms with Gasteiger partial charge in [-0.1, -0.05) is 18.2 Å². The quantitative estimate of drug-likeness (QED) is 0.808. The van der Waals surface area contributed by atoms with Gasteiger partial charge < -0.3 is 19.7 Å². The zero-order valence-corrected chi connectivity index (χ0v) is 18.4. The Balaban J connectivity index is 1.30. The molecular weight excluding hydrogens is 396 g/mol. The molecule has 0 atom stereocenters. The molecule has 1 spiro atoms. The van der Waals surface area contributed by atoms with E-state index in [1.807, 2.05) is 17.0 Å². The second kappa shape index (κ2) is 8.33. The summed E-state index contributed by atoms with van der Waals surface area (Å²) >= 11 is 1.68. The number of carbonyl (C=O) groups is 1. The number of rotatable bonds is 3. The molecule has 2 saturated heterocycles. The standard InChI is InChI=1S/C24H30N2O3S/c1-28-20-5-3-2-4-19(20)17-6-13-26(14-7-17)23(27)21-16-18-8-15-29-24(22(18)30-21)9-11-25-12-10-24/h2-5,16-17,25H,6-15H2,1H3. The smallest absolute Gasteiger partial charge is 0.263 e. The number of ether oxygens (including phenoxy) is 2. The van der Waals surface area contributed by atoms with E-state index >= 15 is 0 Å². The summed E-state index contributed by atoms with van der Waals surface area (Å²) < 4.78 is 11.8. The fourth-order valence-corrected chi connectivity index (χ4v) is 6.66. The molecule has 4 heterocycles. The van der Waals surface area contributed by atoms with Crippen LogP contribution in [-0.2, 0) is 16.8 Å². The first-order valence-electron chi connectivity index (χ1n) is 11.1. The van der Waals surface area contributed by atoms with Gasteiger partial charge in [-0.25, -0.2) is 0 Å². The number of hydrogen-bond donors (Lipinski definition) is 1. The van der Waals surface area contributed by atoms with E-state index in [1.54, 1.807) is 18.4 Å². The summed E-state index contributed by atoms with van der Waals surface area (Å²) in [5.41, 5.74) is 2.43. The molecule has 0 saturated carbocycles. The maximum Gasteiger partial charge on any atom is 0.263 e. The molecule has 30 heavy (non-hydrogen) atoms. The molecule has 6 heteroatoms. The van der Waals surface area contributed by atoms with Crippen LogP contribution in [0.15, 0.2) is 30.3 Å². The van der Waals surface area contributed by atoms with Gasteiger partial charge in [0.2, 0.25) is 0 Å². The topological polar surface area (TPSA) is 50.8 Å². The zero-order valence-electron chi connectivity index (χ0n) is 17.6. The lowest BCUT2D eigenvalue weighted by Crippen LogP contribution is -2.44. The Morgan fingerprint density at radius 2 is 2.00 bits per heavy atom. The van der Waals surface area contributed by atoms with Crippen LogP contribution >= 0.6 is 11.3 Å². The van der Waals surface area contributed by atoms with E-state index in [0.717, 1.165) is 75.5 Å². The SMILES string of the molecule is COc1ccccc1C1CCN(C(=O)c2cc3c(s2)C2(CCNCC2)OCC3)CC1.